The van der Waals surface area contributed by atoms with Crippen molar-refractivity contribution in [2.75, 3.05) is 12.0 Å². The van der Waals surface area contributed by atoms with E-state index >= 15 is 0 Å². The van der Waals surface area contributed by atoms with E-state index in [0.29, 0.717) is 6.42 Å². The molecule has 0 aromatic rings. The molecule has 0 aromatic heterocycles. The average molecular weight is 234 g/mol. The third kappa shape index (κ3) is 5.39. The Morgan fingerprint density at radius 3 is 2.53 bits per heavy atom. The standard InChI is InChI=1S/C10H22N2O2S/c1-7(13)10(2,3)12-9(14)8(11)5-6-15-4/h7-8,13H,5-6,11H2,1-4H3,(H,12,14)/t7?,8-/m0/s1. The van der Waals surface area contributed by atoms with Crippen LogP contribution in [0.25, 0.3) is 0 Å². The number of nitrogens with two attached hydrogens (primary N) is 1. The van der Waals surface area contributed by atoms with Crippen LogP contribution < -0.4 is 11.1 Å². The van der Waals surface area contributed by atoms with Gasteiger partial charge in [0.1, 0.15) is 0 Å². The number of carbonyl (C=O) groups excluding carboxylic acids is 1. The quantitative estimate of drug-likeness (QED) is 0.619. The molecule has 0 aliphatic carbocycles. The molecule has 1 amide bonds. The van der Waals surface area contributed by atoms with Crippen LogP contribution in [-0.4, -0.2) is 40.7 Å². The summed E-state index contributed by atoms with van der Waals surface area (Å²) in [5, 5.41) is 12.2. The van der Waals surface area contributed by atoms with Crippen molar-refractivity contribution < 1.29 is 9.90 Å². The number of amides is 1. The molecule has 90 valence electrons. The van der Waals surface area contributed by atoms with Gasteiger partial charge < -0.3 is 16.2 Å². The van der Waals surface area contributed by atoms with Crippen molar-refractivity contribution in [3.05, 3.63) is 0 Å². The van der Waals surface area contributed by atoms with E-state index in [1.807, 2.05) is 6.26 Å². The molecule has 4 nitrogen and oxygen atoms in total. The van der Waals surface area contributed by atoms with Crippen molar-refractivity contribution in [3.8, 4) is 0 Å². The highest BCUT2D eigenvalue weighted by atomic mass is 32.2. The summed E-state index contributed by atoms with van der Waals surface area (Å²) in [6.07, 6.45) is 2.03. The molecule has 0 fully saturated rings. The lowest BCUT2D eigenvalue weighted by atomic mass is 9.98. The number of aliphatic hydroxyl groups excluding tert-OH is 1. The highest BCUT2D eigenvalue weighted by molar-refractivity contribution is 7.98. The third-order valence-electron chi connectivity index (χ3n) is 2.46. The Kier molecular flexibility index (Phi) is 6.24. The first-order chi connectivity index (χ1) is 6.81. The highest BCUT2D eigenvalue weighted by Crippen LogP contribution is 2.09. The Morgan fingerprint density at radius 1 is 1.60 bits per heavy atom. The van der Waals surface area contributed by atoms with Gasteiger partial charge >= 0.3 is 0 Å². The minimum Gasteiger partial charge on any atom is -0.391 e. The van der Waals surface area contributed by atoms with Crippen molar-refractivity contribution in [3.63, 3.8) is 0 Å². The number of aliphatic hydroxyl groups is 1. The number of hydrogen-bond donors (Lipinski definition) is 3. The summed E-state index contributed by atoms with van der Waals surface area (Å²) in [6, 6.07) is -0.490. The van der Waals surface area contributed by atoms with Gasteiger partial charge in [0, 0.05) is 0 Å². The first kappa shape index (κ1) is 14.7. The molecule has 0 bridgehead atoms. The molecule has 2 atom stereocenters. The first-order valence-electron chi connectivity index (χ1n) is 5.06. The molecule has 0 aliphatic rings. The third-order valence-corrected chi connectivity index (χ3v) is 3.10. The van der Waals surface area contributed by atoms with Crippen LogP contribution >= 0.6 is 11.8 Å². The molecular weight excluding hydrogens is 212 g/mol. The molecule has 0 spiro atoms. The summed E-state index contributed by atoms with van der Waals surface area (Å²) in [7, 11) is 0. The summed E-state index contributed by atoms with van der Waals surface area (Å²) in [5.74, 6) is 0.666. The van der Waals surface area contributed by atoms with Crippen LogP contribution in [0.15, 0.2) is 0 Å². The number of thioether (sulfide) groups is 1. The second-order valence-corrected chi connectivity index (χ2v) is 5.26. The Balaban J connectivity index is 4.12. The SMILES string of the molecule is CSCC[C@H](N)C(=O)NC(C)(C)C(C)O. The predicted molar refractivity (Wildman–Crippen MR) is 64.9 cm³/mol. The lowest BCUT2D eigenvalue weighted by Gasteiger charge is -2.30. The summed E-state index contributed by atoms with van der Waals surface area (Å²) in [6.45, 7) is 5.20. The van der Waals surface area contributed by atoms with Gasteiger partial charge in [-0.3, -0.25) is 4.79 Å². The molecule has 1 unspecified atom stereocenters. The molecule has 0 saturated heterocycles. The fourth-order valence-electron chi connectivity index (χ4n) is 0.891. The second-order valence-electron chi connectivity index (χ2n) is 4.27. The van der Waals surface area contributed by atoms with Crippen molar-refractivity contribution in [2.45, 2.75) is 44.9 Å². The fraction of sp³-hybridized carbons (Fsp3) is 0.900. The summed E-state index contributed by atoms with van der Waals surface area (Å²) in [5.41, 5.74) is 5.07. The molecule has 15 heavy (non-hydrogen) atoms. The average Bonchev–Trinajstić information content (AvgIpc) is 2.13. The molecule has 5 heteroatoms. The molecule has 4 N–H and O–H groups in total. The molecule has 0 radical (unpaired) electrons. The van der Waals surface area contributed by atoms with E-state index in [1.165, 1.54) is 0 Å². The van der Waals surface area contributed by atoms with E-state index in [-0.39, 0.29) is 5.91 Å². The van der Waals surface area contributed by atoms with Gasteiger partial charge in [0.05, 0.1) is 17.7 Å². The van der Waals surface area contributed by atoms with Crippen LogP contribution in [0.3, 0.4) is 0 Å². The Hall–Kier alpha value is -0.260. The number of rotatable bonds is 6. The van der Waals surface area contributed by atoms with Crippen LogP contribution in [0, 0.1) is 0 Å². The van der Waals surface area contributed by atoms with Crippen molar-refractivity contribution >= 4 is 17.7 Å². The van der Waals surface area contributed by atoms with E-state index in [0.717, 1.165) is 5.75 Å². The topological polar surface area (TPSA) is 75.4 Å². The molecular formula is C10H22N2O2S. The molecule has 0 aromatic carbocycles. The normalized spacial score (nSPS) is 15.9. The zero-order valence-corrected chi connectivity index (χ0v) is 10.7. The van der Waals surface area contributed by atoms with Gasteiger partial charge in [-0.25, -0.2) is 0 Å². The Bertz CT molecular complexity index is 208. The van der Waals surface area contributed by atoms with Crippen molar-refractivity contribution in [2.24, 2.45) is 5.73 Å². The van der Waals surface area contributed by atoms with Gasteiger partial charge in [-0.1, -0.05) is 0 Å². The number of hydrogen-bond acceptors (Lipinski definition) is 4. The number of nitrogens with one attached hydrogen (secondary N) is 1. The Morgan fingerprint density at radius 2 is 2.13 bits per heavy atom. The smallest absolute Gasteiger partial charge is 0.237 e. The van der Waals surface area contributed by atoms with Crippen LogP contribution in [-0.2, 0) is 4.79 Å². The van der Waals surface area contributed by atoms with Gasteiger partial charge in [-0.2, -0.15) is 11.8 Å². The molecule has 0 aliphatic heterocycles. The minimum absolute atomic E-state index is 0.199. The second kappa shape index (κ2) is 6.35. The van der Waals surface area contributed by atoms with Crippen LogP contribution in [0.5, 0.6) is 0 Å². The van der Waals surface area contributed by atoms with Gasteiger partial charge in [-0.15, -0.1) is 0 Å². The lowest BCUT2D eigenvalue weighted by molar-refractivity contribution is -0.125. The van der Waals surface area contributed by atoms with E-state index in [2.05, 4.69) is 5.32 Å². The summed E-state index contributed by atoms with van der Waals surface area (Å²) in [4.78, 5) is 11.6. The highest BCUT2D eigenvalue weighted by Gasteiger charge is 2.27. The molecule has 0 saturated carbocycles. The van der Waals surface area contributed by atoms with Crippen molar-refractivity contribution in [1.29, 1.82) is 0 Å². The van der Waals surface area contributed by atoms with E-state index < -0.39 is 17.7 Å². The summed E-state index contributed by atoms with van der Waals surface area (Å²) >= 11 is 1.66. The van der Waals surface area contributed by atoms with Gasteiger partial charge in [0.25, 0.3) is 0 Å². The maximum atomic E-state index is 11.6. The fourth-order valence-corrected chi connectivity index (χ4v) is 1.38. The predicted octanol–water partition coefficient (Wildman–Crippen LogP) is 0.342. The maximum absolute atomic E-state index is 11.6. The van der Waals surface area contributed by atoms with E-state index in [4.69, 9.17) is 5.73 Å². The monoisotopic (exact) mass is 234 g/mol. The van der Waals surface area contributed by atoms with E-state index in [9.17, 15) is 9.90 Å². The Labute approximate surface area is 96.0 Å². The van der Waals surface area contributed by atoms with E-state index in [1.54, 1.807) is 32.5 Å². The minimum atomic E-state index is -0.631. The first-order valence-corrected chi connectivity index (χ1v) is 6.45. The number of carbonyl (C=O) groups is 1. The van der Waals surface area contributed by atoms with Crippen LogP contribution in [0.2, 0.25) is 0 Å². The largest absolute Gasteiger partial charge is 0.391 e. The van der Waals surface area contributed by atoms with Gasteiger partial charge in [0.15, 0.2) is 0 Å². The molecule has 0 heterocycles. The van der Waals surface area contributed by atoms with Crippen molar-refractivity contribution in [1.82, 2.24) is 5.32 Å². The zero-order valence-electron chi connectivity index (χ0n) is 9.91. The maximum Gasteiger partial charge on any atom is 0.237 e. The lowest BCUT2D eigenvalue weighted by Crippen LogP contribution is -2.55. The van der Waals surface area contributed by atoms with Crippen LogP contribution in [0.4, 0.5) is 0 Å². The van der Waals surface area contributed by atoms with Crippen LogP contribution in [0.1, 0.15) is 27.2 Å². The molecule has 0 rings (SSSR count). The van der Waals surface area contributed by atoms with Gasteiger partial charge in [0.2, 0.25) is 5.91 Å². The van der Waals surface area contributed by atoms with Gasteiger partial charge in [-0.05, 0) is 39.2 Å². The zero-order chi connectivity index (χ0) is 12.1. The summed E-state index contributed by atoms with van der Waals surface area (Å²) < 4.78 is 0.